The lowest BCUT2D eigenvalue weighted by Crippen LogP contribution is -2.36. The molecule has 2 atom stereocenters. The van der Waals surface area contributed by atoms with Crippen LogP contribution in [0.25, 0.3) is 55.7 Å². The van der Waals surface area contributed by atoms with Gasteiger partial charge in [-0.15, -0.1) is 0 Å². The molecule has 0 saturated carbocycles. The minimum absolute atomic E-state index is 0.0368. The second kappa shape index (κ2) is 17.7. The largest absolute Gasteiger partial charge is 0.507 e. The fourth-order valence-electron chi connectivity index (χ4n) is 7.37. The molecular weight excluding hydrogens is 839 g/mol. The number of likely N-dealkylation sites (tertiary alicyclic amines) is 1. The number of aromatic nitrogens is 4. The third kappa shape index (κ3) is 9.82. The molecule has 0 spiro atoms. The molecule has 5 N–H and O–H groups in total. The zero-order valence-corrected chi connectivity index (χ0v) is 35.6. The summed E-state index contributed by atoms with van der Waals surface area (Å²) in [6.07, 6.45) is 1.51. The summed E-state index contributed by atoms with van der Waals surface area (Å²) < 4.78 is 19.6. The van der Waals surface area contributed by atoms with Crippen molar-refractivity contribution in [3.63, 3.8) is 0 Å². The van der Waals surface area contributed by atoms with E-state index in [1.54, 1.807) is 47.4 Å². The number of amides is 1. The number of carbonyl (C=O) groups excluding carboxylic acids is 1. The second-order valence-corrected chi connectivity index (χ2v) is 17.0. The number of para-hydroxylation sites is 2. The number of hydrogen-bond donors (Lipinski definition) is 5. The van der Waals surface area contributed by atoms with Gasteiger partial charge in [0.15, 0.2) is 11.6 Å². The average molecular weight is 886 g/mol. The van der Waals surface area contributed by atoms with Gasteiger partial charge >= 0.3 is 6.09 Å². The Morgan fingerprint density at radius 2 is 1.33 bits per heavy atom. The number of ether oxygens (including phenoxy) is 1. The van der Waals surface area contributed by atoms with Gasteiger partial charge < -0.3 is 35.8 Å². The smallest absolute Gasteiger partial charge is 0.410 e. The highest BCUT2D eigenvalue weighted by Crippen LogP contribution is 2.36. The highest BCUT2D eigenvalue weighted by atomic mass is 79.9. The van der Waals surface area contributed by atoms with E-state index >= 15 is 0 Å². The summed E-state index contributed by atoms with van der Waals surface area (Å²) in [5, 5.41) is 33.1. The van der Waals surface area contributed by atoms with Gasteiger partial charge in [0.2, 0.25) is 0 Å². The molecule has 2 saturated heterocycles. The number of phenols is 2. The lowest BCUT2D eigenvalue weighted by molar-refractivity contribution is 0.0293. The van der Waals surface area contributed by atoms with Crippen molar-refractivity contribution >= 4 is 55.5 Å². The number of rotatable bonds is 7. The second-order valence-electron chi connectivity index (χ2n) is 16.1. The highest BCUT2D eigenvalue weighted by Gasteiger charge is 2.30. The van der Waals surface area contributed by atoms with E-state index in [0.717, 1.165) is 69.2 Å². The van der Waals surface area contributed by atoms with Gasteiger partial charge in [-0.05, 0) is 118 Å². The number of anilines is 2. The number of halogens is 2. The van der Waals surface area contributed by atoms with Crippen molar-refractivity contribution < 1.29 is 24.1 Å². The number of carbonyl (C=O) groups is 1. The van der Waals surface area contributed by atoms with Crippen molar-refractivity contribution in [3.8, 4) is 45.4 Å². The van der Waals surface area contributed by atoms with Crippen molar-refractivity contribution in [1.82, 2.24) is 30.2 Å². The molecule has 2 fully saturated rings. The van der Waals surface area contributed by atoms with Gasteiger partial charge in [0.1, 0.15) is 34.6 Å². The number of phenolic OH excluding ortho intramolecular Hbond substituents is 2. The minimum Gasteiger partial charge on any atom is -0.507 e. The number of aromatic hydroxyl groups is 2. The summed E-state index contributed by atoms with van der Waals surface area (Å²) >= 11 is 3.44. The van der Waals surface area contributed by atoms with E-state index in [1.165, 1.54) is 12.1 Å². The van der Waals surface area contributed by atoms with Crippen molar-refractivity contribution in [1.29, 1.82) is 0 Å². The van der Waals surface area contributed by atoms with E-state index in [1.807, 2.05) is 75.4 Å². The van der Waals surface area contributed by atoms with E-state index in [2.05, 4.69) is 36.9 Å². The molecule has 4 heterocycles. The van der Waals surface area contributed by atoms with Crippen LogP contribution in [0.5, 0.6) is 11.5 Å². The van der Waals surface area contributed by atoms with Crippen LogP contribution < -0.4 is 16.0 Å². The molecule has 0 aliphatic carbocycles. The lowest BCUT2D eigenvalue weighted by Gasteiger charge is -2.24. The van der Waals surface area contributed by atoms with Gasteiger partial charge in [0.25, 0.3) is 0 Å². The molecule has 2 aliphatic rings. The molecular formula is C47H46BrFN8O4. The minimum atomic E-state index is -0.522. The van der Waals surface area contributed by atoms with E-state index in [9.17, 15) is 19.4 Å². The molecule has 0 radical (unpaired) electrons. The van der Waals surface area contributed by atoms with Crippen molar-refractivity contribution in [2.24, 2.45) is 0 Å². The van der Waals surface area contributed by atoms with Crippen LogP contribution in [-0.2, 0) is 4.74 Å². The highest BCUT2D eigenvalue weighted by molar-refractivity contribution is 9.10. The lowest BCUT2D eigenvalue weighted by atomic mass is 10.0. The molecule has 2 aromatic heterocycles. The summed E-state index contributed by atoms with van der Waals surface area (Å²) in [6, 6.07) is 32.6. The summed E-state index contributed by atoms with van der Waals surface area (Å²) in [7, 11) is 0. The van der Waals surface area contributed by atoms with E-state index in [0.29, 0.717) is 47.7 Å². The van der Waals surface area contributed by atoms with Crippen LogP contribution in [0.3, 0.4) is 0 Å². The normalized spacial score (nSPS) is 16.3. The molecule has 2 aliphatic heterocycles. The van der Waals surface area contributed by atoms with Gasteiger partial charge in [0, 0.05) is 47.0 Å². The van der Waals surface area contributed by atoms with E-state index in [4.69, 9.17) is 19.7 Å². The summed E-state index contributed by atoms with van der Waals surface area (Å²) in [5.41, 5.74) is 3.86. The number of nitrogens with zero attached hydrogens (tertiary/aromatic N) is 5. The molecule has 61 heavy (non-hydrogen) atoms. The number of nitrogens with one attached hydrogen (secondary N) is 3. The van der Waals surface area contributed by atoms with Crippen molar-refractivity contribution in [3.05, 3.63) is 119 Å². The van der Waals surface area contributed by atoms with Gasteiger partial charge in [-0.3, -0.25) is 0 Å². The van der Waals surface area contributed by atoms with E-state index < -0.39 is 5.60 Å². The SMILES string of the molecule is CC(C)(C)OC(=O)N1CC[C@H](Nc2nc(-c3cc(Br)ccc3O)nc3ccccc23)C1.Oc1ccc(-c2ccc(F)cc2)cc1-c1nc(N[C@H]2CCNC2)c2ccccc2n1. The van der Waals surface area contributed by atoms with Crippen LogP contribution in [0.15, 0.2) is 114 Å². The zero-order valence-electron chi connectivity index (χ0n) is 34.0. The summed E-state index contributed by atoms with van der Waals surface area (Å²) in [5.74, 6) is 2.25. The fraction of sp³-hybridized carbons (Fsp3) is 0.255. The Hall–Kier alpha value is -6.38. The third-order valence-corrected chi connectivity index (χ3v) is 10.9. The monoisotopic (exact) mass is 884 g/mol. The molecule has 0 unspecified atom stereocenters. The van der Waals surface area contributed by atoms with Crippen LogP contribution in [0.4, 0.5) is 20.8 Å². The Kier molecular flexibility index (Phi) is 12.0. The predicted octanol–water partition coefficient (Wildman–Crippen LogP) is 9.77. The summed E-state index contributed by atoms with van der Waals surface area (Å²) in [4.78, 5) is 33.0. The van der Waals surface area contributed by atoms with Crippen molar-refractivity contribution in [2.75, 3.05) is 36.8 Å². The molecule has 7 aromatic rings. The van der Waals surface area contributed by atoms with E-state index in [-0.39, 0.29) is 29.5 Å². The molecule has 14 heteroatoms. The first-order chi connectivity index (χ1) is 29.4. The van der Waals surface area contributed by atoms with Crippen LogP contribution in [0.2, 0.25) is 0 Å². The Bertz CT molecular complexity index is 2710. The Labute approximate surface area is 361 Å². The first kappa shape index (κ1) is 41.4. The maximum absolute atomic E-state index is 13.3. The van der Waals surface area contributed by atoms with Gasteiger partial charge in [-0.25, -0.2) is 29.1 Å². The maximum atomic E-state index is 13.3. The average Bonchev–Trinajstić information content (AvgIpc) is 3.95. The van der Waals surface area contributed by atoms with Gasteiger partial charge in [-0.1, -0.05) is 58.4 Å². The molecule has 5 aromatic carbocycles. The van der Waals surface area contributed by atoms with Crippen LogP contribution >= 0.6 is 15.9 Å². The first-order valence-corrected chi connectivity index (χ1v) is 21.0. The van der Waals surface area contributed by atoms with Gasteiger partial charge in [-0.2, -0.15) is 0 Å². The Morgan fingerprint density at radius 1 is 0.754 bits per heavy atom. The topological polar surface area (TPSA) is 158 Å². The maximum Gasteiger partial charge on any atom is 0.410 e. The molecule has 0 bridgehead atoms. The van der Waals surface area contributed by atoms with Crippen LogP contribution in [0.1, 0.15) is 33.6 Å². The summed E-state index contributed by atoms with van der Waals surface area (Å²) in [6.45, 7) is 8.61. The predicted molar refractivity (Wildman–Crippen MR) is 241 cm³/mol. The number of fused-ring (bicyclic) bond motifs is 2. The van der Waals surface area contributed by atoms with Gasteiger partial charge in [0.05, 0.1) is 22.2 Å². The van der Waals surface area contributed by atoms with Crippen LogP contribution in [-0.4, -0.2) is 85.0 Å². The zero-order chi connectivity index (χ0) is 42.7. The third-order valence-electron chi connectivity index (χ3n) is 10.4. The fourth-order valence-corrected chi connectivity index (χ4v) is 7.73. The number of benzene rings is 5. The first-order valence-electron chi connectivity index (χ1n) is 20.2. The van der Waals surface area contributed by atoms with Crippen LogP contribution in [0, 0.1) is 5.82 Å². The molecule has 9 rings (SSSR count). The Balaban J connectivity index is 0.000000168. The number of hydrogen-bond acceptors (Lipinski definition) is 11. The molecule has 1 amide bonds. The standard InChI is InChI=1S/C24H21FN4O.C23H25BrN4O3/c25-17-8-5-15(6-9-17)16-7-10-22(30)20(13-16)24-28-21-4-2-1-3-19(21)23(29-24)27-18-11-12-26-14-18;1-23(2,3)31-22(30)28-11-10-15(13-28)25-20-16-6-4-5-7-18(16)26-21(27-20)17-12-14(24)8-9-19(17)29/h1-10,13,18,26,30H,11-12,14H2,(H,27,28,29);4-9,12,15,29H,10-11,13H2,1-3H3,(H,25,26,27)/t18-;15-/m00/s1. The Morgan fingerprint density at radius 3 is 1.93 bits per heavy atom. The molecule has 312 valence electrons. The quantitative estimate of drug-likeness (QED) is 0.104. The molecule has 12 nitrogen and oxygen atoms in total. The van der Waals surface area contributed by atoms with Crippen molar-refractivity contribution in [2.45, 2.75) is 51.3 Å².